The van der Waals surface area contributed by atoms with E-state index in [1.165, 1.54) is 12.1 Å². The lowest BCUT2D eigenvalue weighted by Crippen LogP contribution is -2.43. The molecule has 1 aliphatic carbocycles. The number of halogens is 1. The average molecular weight is 191 g/mol. The van der Waals surface area contributed by atoms with Gasteiger partial charge in [-0.05, 0) is 30.5 Å². The van der Waals surface area contributed by atoms with Gasteiger partial charge in [0.15, 0.2) is 0 Å². The summed E-state index contributed by atoms with van der Waals surface area (Å²) >= 11 is 0. The van der Waals surface area contributed by atoms with Crippen molar-refractivity contribution < 1.29 is 9.50 Å². The van der Waals surface area contributed by atoms with Gasteiger partial charge in [-0.3, -0.25) is 0 Å². The predicted molar refractivity (Wildman–Crippen MR) is 48.9 cm³/mol. The van der Waals surface area contributed by atoms with Gasteiger partial charge in [-0.25, -0.2) is 4.39 Å². The molecule has 3 heteroatoms. The lowest BCUT2D eigenvalue weighted by Gasteiger charge is -2.40. The summed E-state index contributed by atoms with van der Waals surface area (Å²) in [5.41, 5.74) is 0.208. The van der Waals surface area contributed by atoms with E-state index < -0.39 is 5.41 Å². The molecule has 1 aromatic rings. The number of aliphatic hydroxyl groups excluding tert-OH is 1. The van der Waals surface area contributed by atoms with Crippen LogP contribution in [0, 0.1) is 17.1 Å². The molecule has 0 amide bonds. The summed E-state index contributed by atoms with van der Waals surface area (Å²) in [6.07, 6.45) is 0.518. The van der Waals surface area contributed by atoms with Crippen LogP contribution in [0.2, 0.25) is 0 Å². The van der Waals surface area contributed by atoms with Crippen molar-refractivity contribution in [3.63, 3.8) is 0 Å². The molecule has 2 nitrogen and oxygen atoms in total. The molecule has 0 spiro atoms. The summed E-state index contributed by atoms with van der Waals surface area (Å²) < 4.78 is 12.6. The number of benzene rings is 1. The van der Waals surface area contributed by atoms with Crippen LogP contribution in [0.5, 0.6) is 0 Å². The molecule has 14 heavy (non-hydrogen) atoms. The smallest absolute Gasteiger partial charge is 0.123 e. The second-order valence-corrected chi connectivity index (χ2v) is 3.76. The Morgan fingerprint density at radius 2 is 1.93 bits per heavy atom. The molecule has 0 radical (unpaired) electrons. The van der Waals surface area contributed by atoms with E-state index in [-0.39, 0.29) is 11.9 Å². The minimum Gasteiger partial charge on any atom is -0.393 e. The molecule has 1 fully saturated rings. The summed E-state index contributed by atoms with van der Waals surface area (Å²) in [4.78, 5) is 0. The van der Waals surface area contributed by atoms with Gasteiger partial charge in [-0.15, -0.1) is 0 Å². The Morgan fingerprint density at radius 1 is 1.36 bits per heavy atom. The first-order chi connectivity index (χ1) is 6.66. The van der Waals surface area contributed by atoms with Crippen molar-refractivity contribution in [1.29, 1.82) is 5.26 Å². The van der Waals surface area contributed by atoms with Gasteiger partial charge in [-0.1, -0.05) is 12.1 Å². The van der Waals surface area contributed by atoms with Crippen molar-refractivity contribution in [1.82, 2.24) is 0 Å². The summed E-state index contributed by atoms with van der Waals surface area (Å²) in [6, 6.07) is 8.12. The highest BCUT2D eigenvalue weighted by molar-refractivity contribution is 5.36. The standard InChI is InChI=1S/C11H10FNO/c12-9-3-1-8(2-4-9)11(7-13)5-10(14)6-11/h1-4,10,14H,5-6H2/t10-,11+. The fourth-order valence-electron chi connectivity index (χ4n) is 1.91. The van der Waals surface area contributed by atoms with E-state index in [1.807, 2.05) is 0 Å². The third-order valence-electron chi connectivity index (χ3n) is 2.78. The summed E-state index contributed by atoms with van der Waals surface area (Å²) in [6.45, 7) is 0. The fourth-order valence-corrected chi connectivity index (χ4v) is 1.91. The van der Waals surface area contributed by atoms with E-state index in [0.29, 0.717) is 12.8 Å². The lowest BCUT2D eigenvalue weighted by molar-refractivity contribution is 0.0447. The Morgan fingerprint density at radius 3 is 2.36 bits per heavy atom. The van der Waals surface area contributed by atoms with Crippen LogP contribution >= 0.6 is 0 Å². The molecule has 1 saturated carbocycles. The van der Waals surface area contributed by atoms with Crippen molar-refractivity contribution in [2.24, 2.45) is 0 Å². The van der Waals surface area contributed by atoms with E-state index in [9.17, 15) is 9.50 Å². The van der Waals surface area contributed by atoms with Crippen LogP contribution < -0.4 is 0 Å². The molecule has 0 saturated heterocycles. The van der Waals surface area contributed by atoms with E-state index in [2.05, 4.69) is 6.07 Å². The Labute approximate surface area is 81.6 Å². The van der Waals surface area contributed by atoms with Crippen molar-refractivity contribution in [3.8, 4) is 6.07 Å². The monoisotopic (exact) mass is 191 g/mol. The van der Waals surface area contributed by atoms with Crippen LogP contribution in [0.15, 0.2) is 24.3 Å². The third kappa shape index (κ3) is 1.28. The molecule has 0 atom stereocenters. The number of rotatable bonds is 1. The van der Waals surface area contributed by atoms with E-state index in [4.69, 9.17) is 5.26 Å². The van der Waals surface area contributed by atoms with Crippen LogP contribution in [0.4, 0.5) is 4.39 Å². The van der Waals surface area contributed by atoms with E-state index in [1.54, 1.807) is 12.1 Å². The number of nitriles is 1. The highest BCUT2D eigenvalue weighted by atomic mass is 19.1. The molecule has 0 aliphatic heterocycles. The van der Waals surface area contributed by atoms with Gasteiger partial charge in [-0.2, -0.15) is 5.26 Å². The number of hydrogen-bond acceptors (Lipinski definition) is 2. The molecule has 1 aliphatic rings. The third-order valence-corrected chi connectivity index (χ3v) is 2.78. The first-order valence-corrected chi connectivity index (χ1v) is 4.52. The average Bonchev–Trinajstić information content (AvgIpc) is 2.14. The Kier molecular flexibility index (Phi) is 2.01. The zero-order valence-electron chi connectivity index (χ0n) is 7.57. The van der Waals surface area contributed by atoms with E-state index in [0.717, 1.165) is 5.56 Å². The predicted octanol–water partition coefficient (Wildman–Crippen LogP) is 1.74. The van der Waals surface area contributed by atoms with Crippen LogP contribution in [-0.2, 0) is 5.41 Å². The zero-order valence-corrected chi connectivity index (χ0v) is 7.57. The second kappa shape index (κ2) is 3.07. The molecule has 0 unspecified atom stereocenters. The molecule has 1 aromatic carbocycles. The van der Waals surface area contributed by atoms with Crippen molar-refractivity contribution >= 4 is 0 Å². The number of nitrogens with zero attached hydrogens (tertiary/aromatic N) is 1. The largest absolute Gasteiger partial charge is 0.393 e. The van der Waals surface area contributed by atoms with Gasteiger partial charge in [0.25, 0.3) is 0 Å². The SMILES string of the molecule is N#C[C@]1(c2ccc(F)cc2)C[C@@H](O)C1. The molecular weight excluding hydrogens is 181 g/mol. The van der Waals surface area contributed by atoms with Gasteiger partial charge in [0.05, 0.1) is 17.6 Å². The minimum absolute atomic E-state index is 0.304. The molecule has 2 rings (SSSR count). The van der Waals surface area contributed by atoms with E-state index >= 15 is 0 Å². The maximum Gasteiger partial charge on any atom is 0.123 e. The Hall–Kier alpha value is -1.40. The lowest BCUT2D eigenvalue weighted by atomic mass is 9.64. The Bertz CT molecular complexity index is 373. The van der Waals surface area contributed by atoms with Gasteiger partial charge in [0.2, 0.25) is 0 Å². The van der Waals surface area contributed by atoms with Crippen LogP contribution in [0.25, 0.3) is 0 Å². The maximum absolute atomic E-state index is 12.6. The summed E-state index contributed by atoms with van der Waals surface area (Å²) in [7, 11) is 0. The summed E-state index contributed by atoms with van der Waals surface area (Å²) in [5.74, 6) is -0.304. The van der Waals surface area contributed by atoms with Crippen molar-refractivity contribution in [3.05, 3.63) is 35.6 Å². The molecule has 0 aromatic heterocycles. The molecule has 0 bridgehead atoms. The highest BCUT2D eigenvalue weighted by Gasteiger charge is 2.45. The molecule has 72 valence electrons. The van der Waals surface area contributed by atoms with Crippen LogP contribution in [0.1, 0.15) is 18.4 Å². The van der Waals surface area contributed by atoms with Gasteiger partial charge < -0.3 is 5.11 Å². The first-order valence-electron chi connectivity index (χ1n) is 4.52. The van der Waals surface area contributed by atoms with Crippen LogP contribution in [-0.4, -0.2) is 11.2 Å². The quantitative estimate of drug-likeness (QED) is 0.734. The number of hydrogen-bond donors (Lipinski definition) is 1. The normalized spacial score (nSPS) is 30.5. The van der Waals surface area contributed by atoms with Gasteiger partial charge in [0.1, 0.15) is 5.82 Å². The number of aliphatic hydroxyl groups is 1. The maximum atomic E-state index is 12.6. The van der Waals surface area contributed by atoms with Crippen LogP contribution in [0.3, 0.4) is 0 Å². The molecule has 0 heterocycles. The van der Waals surface area contributed by atoms with Crippen molar-refractivity contribution in [2.75, 3.05) is 0 Å². The second-order valence-electron chi connectivity index (χ2n) is 3.76. The highest BCUT2D eigenvalue weighted by Crippen LogP contribution is 2.43. The first kappa shape index (κ1) is 9.17. The zero-order chi connectivity index (χ0) is 10.2. The minimum atomic E-state index is -0.590. The fraction of sp³-hybridized carbons (Fsp3) is 0.364. The topological polar surface area (TPSA) is 44.0 Å². The molecular formula is C11H10FNO. The van der Waals surface area contributed by atoms with Gasteiger partial charge in [0, 0.05) is 0 Å². The Balaban J connectivity index is 2.31. The molecule has 1 N–H and O–H groups in total. The van der Waals surface area contributed by atoms with Crippen molar-refractivity contribution in [2.45, 2.75) is 24.4 Å². The van der Waals surface area contributed by atoms with Gasteiger partial charge >= 0.3 is 0 Å². The summed E-state index contributed by atoms with van der Waals surface area (Å²) in [5, 5.41) is 18.2.